The summed E-state index contributed by atoms with van der Waals surface area (Å²) >= 11 is 0. The molecule has 0 N–H and O–H groups in total. The van der Waals surface area contributed by atoms with Crippen molar-refractivity contribution in [1.29, 1.82) is 0 Å². The number of nitrogens with zero attached hydrogens (tertiary/aromatic N) is 3. The Morgan fingerprint density at radius 1 is 1.62 bits per heavy atom. The number of carbonyl (C=O) groups excluding carboxylic acids is 1. The van der Waals surface area contributed by atoms with Gasteiger partial charge >= 0.3 is 0 Å². The molecule has 0 atom stereocenters. The number of hydrogen-bond donors (Lipinski definition) is 0. The van der Waals surface area contributed by atoms with E-state index in [0.717, 1.165) is 18.9 Å². The first-order valence-electron chi connectivity index (χ1n) is 4.22. The molecule has 1 aliphatic rings. The summed E-state index contributed by atoms with van der Waals surface area (Å²) in [6, 6.07) is 0. The number of aromatic nitrogens is 2. The SMILES string of the molecule is C=CC(=O)N1CCn2ccnc2C1. The molecule has 68 valence electrons. The van der Waals surface area contributed by atoms with Crippen molar-refractivity contribution in [3.8, 4) is 0 Å². The van der Waals surface area contributed by atoms with Crippen LogP contribution in [-0.2, 0) is 17.9 Å². The number of imidazole rings is 1. The lowest BCUT2D eigenvalue weighted by atomic mass is 10.3. The van der Waals surface area contributed by atoms with Crippen molar-refractivity contribution in [2.45, 2.75) is 13.1 Å². The molecule has 1 aliphatic heterocycles. The first kappa shape index (κ1) is 8.04. The molecular formula is C9H11N3O. The fourth-order valence-corrected chi connectivity index (χ4v) is 1.49. The van der Waals surface area contributed by atoms with Crippen LogP contribution in [0.2, 0.25) is 0 Å². The molecule has 0 fully saturated rings. The molecule has 4 nitrogen and oxygen atoms in total. The van der Waals surface area contributed by atoms with E-state index in [1.165, 1.54) is 6.08 Å². The van der Waals surface area contributed by atoms with Gasteiger partial charge in [0.25, 0.3) is 0 Å². The number of rotatable bonds is 1. The lowest BCUT2D eigenvalue weighted by molar-refractivity contribution is -0.127. The Labute approximate surface area is 76.5 Å². The van der Waals surface area contributed by atoms with Gasteiger partial charge in [-0.15, -0.1) is 0 Å². The van der Waals surface area contributed by atoms with Crippen molar-refractivity contribution in [3.63, 3.8) is 0 Å². The Hall–Kier alpha value is -1.58. The lowest BCUT2D eigenvalue weighted by Gasteiger charge is -2.26. The number of amides is 1. The third-order valence-electron chi connectivity index (χ3n) is 2.23. The molecule has 2 heterocycles. The number of fused-ring (bicyclic) bond motifs is 1. The van der Waals surface area contributed by atoms with E-state index in [-0.39, 0.29) is 5.91 Å². The van der Waals surface area contributed by atoms with Crippen molar-refractivity contribution in [1.82, 2.24) is 14.5 Å². The van der Waals surface area contributed by atoms with Crippen LogP contribution in [0.4, 0.5) is 0 Å². The maximum absolute atomic E-state index is 11.3. The van der Waals surface area contributed by atoms with Gasteiger partial charge in [-0.1, -0.05) is 6.58 Å². The molecule has 0 radical (unpaired) electrons. The van der Waals surface area contributed by atoms with Crippen molar-refractivity contribution >= 4 is 5.91 Å². The molecule has 0 aliphatic carbocycles. The van der Waals surface area contributed by atoms with E-state index in [1.54, 1.807) is 11.1 Å². The quantitative estimate of drug-likeness (QED) is 0.583. The largest absolute Gasteiger partial charge is 0.332 e. The van der Waals surface area contributed by atoms with Crippen molar-refractivity contribution in [2.24, 2.45) is 0 Å². The Kier molecular flexibility index (Phi) is 1.88. The van der Waals surface area contributed by atoms with Crippen LogP contribution in [0, 0.1) is 0 Å². The molecule has 2 rings (SSSR count). The molecule has 0 bridgehead atoms. The molecular weight excluding hydrogens is 166 g/mol. The van der Waals surface area contributed by atoms with E-state index in [9.17, 15) is 4.79 Å². The smallest absolute Gasteiger partial charge is 0.246 e. The van der Waals surface area contributed by atoms with E-state index in [4.69, 9.17) is 0 Å². The monoisotopic (exact) mass is 177 g/mol. The van der Waals surface area contributed by atoms with Gasteiger partial charge in [-0.3, -0.25) is 4.79 Å². The second-order valence-electron chi connectivity index (χ2n) is 3.00. The second-order valence-corrected chi connectivity index (χ2v) is 3.00. The van der Waals surface area contributed by atoms with Crippen LogP contribution in [0.1, 0.15) is 5.82 Å². The summed E-state index contributed by atoms with van der Waals surface area (Å²) in [6.07, 6.45) is 5.04. The molecule has 4 heteroatoms. The molecule has 1 aromatic rings. The van der Waals surface area contributed by atoms with Crippen LogP contribution in [-0.4, -0.2) is 26.9 Å². The van der Waals surface area contributed by atoms with Crippen LogP contribution < -0.4 is 0 Å². The van der Waals surface area contributed by atoms with Gasteiger partial charge in [-0.05, 0) is 6.08 Å². The van der Waals surface area contributed by atoms with Gasteiger partial charge in [-0.2, -0.15) is 0 Å². The summed E-state index contributed by atoms with van der Waals surface area (Å²) in [4.78, 5) is 17.2. The van der Waals surface area contributed by atoms with E-state index < -0.39 is 0 Å². The number of carbonyl (C=O) groups is 1. The molecule has 0 saturated heterocycles. The normalized spacial score (nSPS) is 15.2. The van der Waals surface area contributed by atoms with Gasteiger partial charge in [0.15, 0.2) is 0 Å². The van der Waals surface area contributed by atoms with Gasteiger partial charge in [-0.25, -0.2) is 4.98 Å². The Morgan fingerprint density at radius 3 is 3.23 bits per heavy atom. The summed E-state index contributed by atoms with van der Waals surface area (Å²) < 4.78 is 2.06. The van der Waals surface area contributed by atoms with Crippen molar-refractivity contribution in [2.75, 3.05) is 6.54 Å². The maximum Gasteiger partial charge on any atom is 0.246 e. The highest BCUT2D eigenvalue weighted by Crippen LogP contribution is 2.09. The zero-order valence-corrected chi connectivity index (χ0v) is 7.31. The van der Waals surface area contributed by atoms with Gasteiger partial charge in [0.1, 0.15) is 5.82 Å². The molecule has 0 spiro atoms. The van der Waals surface area contributed by atoms with E-state index >= 15 is 0 Å². The summed E-state index contributed by atoms with van der Waals surface area (Å²) in [6.45, 7) is 5.63. The molecule has 0 saturated carbocycles. The van der Waals surface area contributed by atoms with Gasteiger partial charge in [0.05, 0.1) is 6.54 Å². The van der Waals surface area contributed by atoms with E-state index in [1.807, 2.05) is 6.20 Å². The summed E-state index contributed by atoms with van der Waals surface area (Å²) in [7, 11) is 0. The zero-order chi connectivity index (χ0) is 9.26. The molecule has 13 heavy (non-hydrogen) atoms. The zero-order valence-electron chi connectivity index (χ0n) is 7.31. The minimum absolute atomic E-state index is 0.0192. The van der Waals surface area contributed by atoms with E-state index in [2.05, 4.69) is 16.1 Å². The van der Waals surface area contributed by atoms with Gasteiger partial charge < -0.3 is 9.47 Å². The summed E-state index contributed by atoms with van der Waals surface area (Å²) in [5, 5.41) is 0. The predicted molar refractivity (Wildman–Crippen MR) is 47.8 cm³/mol. The van der Waals surface area contributed by atoms with E-state index in [0.29, 0.717) is 6.54 Å². The average molecular weight is 177 g/mol. The molecule has 0 unspecified atom stereocenters. The first-order chi connectivity index (χ1) is 6.31. The third kappa shape index (κ3) is 1.35. The fraction of sp³-hybridized carbons (Fsp3) is 0.333. The molecule has 1 aromatic heterocycles. The lowest BCUT2D eigenvalue weighted by Crippen LogP contribution is -2.37. The van der Waals surface area contributed by atoms with Crippen LogP contribution in [0.25, 0.3) is 0 Å². The number of hydrogen-bond acceptors (Lipinski definition) is 2. The fourth-order valence-electron chi connectivity index (χ4n) is 1.49. The van der Waals surface area contributed by atoms with Crippen LogP contribution in [0.15, 0.2) is 25.0 Å². The van der Waals surface area contributed by atoms with Crippen LogP contribution in [0.5, 0.6) is 0 Å². The second kappa shape index (κ2) is 3.05. The van der Waals surface area contributed by atoms with Crippen LogP contribution >= 0.6 is 0 Å². The van der Waals surface area contributed by atoms with Crippen molar-refractivity contribution in [3.05, 3.63) is 30.9 Å². The maximum atomic E-state index is 11.3. The summed E-state index contributed by atoms with van der Waals surface area (Å²) in [5.41, 5.74) is 0. The standard InChI is InChI=1S/C9H11N3O/c1-2-9(13)12-6-5-11-4-3-10-8(11)7-12/h2-4H,1,5-7H2. The highest BCUT2D eigenvalue weighted by atomic mass is 16.2. The van der Waals surface area contributed by atoms with Gasteiger partial charge in [0.2, 0.25) is 5.91 Å². The molecule has 0 aromatic carbocycles. The van der Waals surface area contributed by atoms with Crippen molar-refractivity contribution < 1.29 is 4.79 Å². The van der Waals surface area contributed by atoms with Crippen LogP contribution in [0.3, 0.4) is 0 Å². The highest BCUT2D eigenvalue weighted by Gasteiger charge is 2.18. The Balaban J connectivity index is 2.17. The molecule has 1 amide bonds. The summed E-state index contributed by atoms with van der Waals surface area (Å²) in [5.74, 6) is 0.927. The Bertz CT molecular complexity index is 342. The average Bonchev–Trinajstić information content (AvgIpc) is 2.63. The highest BCUT2D eigenvalue weighted by molar-refractivity contribution is 5.86. The third-order valence-corrected chi connectivity index (χ3v) is 2.23. The minimum atomic E-state index is -0.0192. The first-order valence-corrected chi connectivity index (χ1v) is 4.22. The minimum Gasteiger partial charge on any atom is -0.332 e. The predicted octanol–water partition coefficient (Wildman–Crippen LogP) is 0.411. The topological polar surface area (TPSA) is 38.1 Å². The Morgan fingerprint density at radius 2 is 2.46 bits per heavy atom. The van der Waals surface area contributed by atoms with Gasteiger partial charge in [0, 0.05) is 25.5 Å².